The van der Waals surface area contributed by atoms with Gasteiger partial charge in [-0.05, 0) is 78.2 Å². The van der Waals surface area contributed by atoms with Gasteiger partial charge in [0.15, 0.2) is 0 Å². The van der Waals surface area contributed by atoms with Crippen molar-refractivity contribution < 1.29 is 32.2 Å². The van der Waals surface area contributed by atoms with Crippen molar-refractivity contribution in [2.24, 2.45) is 0 Å². The van der Waals surface area contributed by atoms with Gasteiger partial charge in [-0.25, -0.2) is 4.39 Å². The van der Waals surface area contributed by atoms with E-state index in [4.69, 9.17) is 4.74 Å². The summed E-state index contributed by atoms with van der Waals surface area (Å²) in [7, 11) is 0. The van der Waals surface area contributed by atoms with Crippen molar-refractivity contribution in [2.75, 3.05) is 0 Å². The number of aliphatic hydroxyl groups excluding tert-OH is 1. The third kappa shape index (κ3) is 6.95. The summed E-state index contributed by atoms with van der Waals surface area (Å²) in [5.41, 5.74) is 0.328. The summed E-state index contributed by atoms with van der Waals surface area (Å²) >= 11 is 0. The minimum Gasteiger partial charge on any atom is -0.457 e. The zero-order chi connectivity index (χ0) is 26.4. The highest BCUT2D eigenvalue weighted by atomic mass is 19.4. The Morgan fingerprint density at radius 2 is 1.41 bits per heavy atom. The first-order valence-corrected chi connectivity index (χ1v) is 11.4. The van der Waals surface area contributed by atoms with Crippen LogP contribution < -0.4 is 10.1 Å². The van der Waals surface area contributed by atoms with Gasteiger partial charge in [-0.15, -0.1) is 0 Å². The predicted octanol–water partition coefficient (Wildman–Crippen LogP) is 6.71. The predicted molar refractivity (Wildman–Crippen MR) is 131 cm³/mol. The number of amides is 1. The van der Waals surface area contributed by atoms with Crippen LogP contribution in [0.5, 0.6) is 11.5 Å². The molecule has 0 heterocycles. The number of carbonyl (C=O) groups excluding carboxylic acids is 1. The number of hydrogen-bond acceptors (Lipinski definition) is 3. The van der Waals surface area contributed by atoms with Crippen molar-refractivity contribution in [3.05, 3.63) is 131 Å². The molecule has 0 aliphatic rings. The number of para-hydroxylation sites is 1. The Morgan fingerprint density at radius 1 is 0.811 bits per heavy atom. The molecule has 0 saturated heterocycles. The molecule has 0 aliphatic heterocycles. The van der Waals surface area contributed by atoms with E-state index in [1.807, 2.05) is 18.2 Å². The fourth-order valence-electron chi connectivity index (χ4n) is 3.77. The number of halogens is 4. The topological polar surface area (TPSA) is 58.6 Å². The fraction of sp³-hybridized carbons (Fsp3) is 0.138. The first kappa shape index (κ1) is 25.9. The maximum absolute atomic E-state index is 13.4. The standard InChI is InChI=1S/C29H23F4NO3/c30-23-14-8-20(9-15-23)27(35)26(18-19-6-12-22(13-7-19)29(31,32)33)34-28(36)21-10-16-25(17-11-21)37-24-4-2-1-3-5-24/h1-17,26-27,35H,18H2,(H,34,36). The summed E-state index contributed by atoms with van der Waals surface area (Å²) in [5, 5.41) is 13.7. The molecule has 2 atom stereocenters. The van der Waals surface area contributed by atoms with E-state index >= 15 is 0 Å². The van der Waals surface area contributed by atoms with Gasteiger partial charge in [-0.1, -0.05) is 42.5 Å². The van der Waals surface area contributed by atoms with Crippen molar-refractivity contribution in [3.63, 3.8) is 0 Å². The number of alkyl halides is 3. The third-order valence-electron chi connectivity index (χ3n) is 5.74. The number of rotatable bonds is 8. The Hall–Kier alpha value is -4.17. The summed E-state index contributed by atoms with van der Waals surface area (Å²) in [6, 6.07) is 24.2. The minimum absolute atomic E-state index is 0.0393. The van der Waals surface area contributed by atoms with Crippen LogP contribution in [0.25, 0.3) is 0 Å². The molecule has 37 heavy (non-hydrogen) atoms. The Morgan fingerprint density at radius 3 is 2.00 bits per heavy atom. The van der Waals surface area contributed by atoms with Crippen LogP contribution in [0.3, 0.4) is 0 Å². The molecule has 4 aromatic rings. The minimum atomic E-state index is -4.48. The number of nitrogens with one attached hydrogen (secondary N) is 1. The highest BCUT2D eigenvalue weighted by Gasteiger charge is 2.30. The molecule has 8 heteroatoms. The van der Waals surface area contributed by atoms with Gasteiger partial charge in [0.05, 0.1) is 17.7 Å². The van der Waals surface area contributed by atoms with Crippen LogP contribution in [-0.2, 0) is 12.6 Å². The van der Waals surface area contributed by atoms with E-state index in [1.165, 1.54) is 36.4 Å². The third-order valence-corrected chi connectivity index (χ3v) is 5.74. The van der Waals surface area contributed by atoms with Gasteiger partial charge in [0.1, 0.15) is 17.3 Å². The molecule has 2 N–H and O–H groups in total. The van der Waals surface area contributed by atoms with E-state index in [-0.39, 0.29) is 6.42 Å². The summed E-state index contributed by atoms with van der Waals surface area (Å²) < 4.78 is 57.9. The molecule has 4 nitrogen and oxygen atoms in total. The SMILES string of the molecule is O=C(NC(Cc1ccc(C(F)(F)F)cc1)C(O)c1ccc(F)cc1)c1ccc(Oc2ccccc2)cc1. The number of carbonyl (C=O) groups is 1. The Balaban J connectivity index is 1.52. The molecule has 0 aromatic heterocycles. The normalized spacial score (nSPS) is 13.0. The second kappa shape index (κ2) is 11.3. The van der Waals surface area contributed by atoms with E-state index in [9.17, 15) is 27.5 Å². The quantitative estimate of drug-likeness (QED) is 0.260. The van der Waals surface area contributed by atoms with E-state index in [1.54, 1.807) is 36.4 Å². The van der Waals surface area contributed by atoms with E-state index < -0.39 is 35.6 Å². The first-order chi connectivity index (χ1) is 17.7. The van der Waals surface area contributed by atoms with Crippen molar-refractivity contribution >= 4 is 5.91 Å². The fourth-order valence-corrected chi connectivity index (χ4v) is 3.77. The van der Waals surface area contributed by atoms with Crippen LogP contribution in [0.15, 0.2) is 103 Å². The van der Waals surface area contributed by atoms with Crippen LogP contribution >= 0.6 is 0 Å². The van der Waals surface area contributed by atoms with Gasteiger partial charge in [-0.3, -0.25) is 4.79 Å². The lowest BCUT2D eigenvalue weighted by Gasteiger charge is -2.25. The monoisotopic (exact) mass is 509 g/mol. The zero-order valence-electron chi connectivity index (χ0n) is 19.5. The largest absolute Gasteiger partial charge is 0.457 e. The number of benzene rings is 4. The molecule has 0 aliphatic carbocycles. The van der Waals surface area contributed by atoms with Crippen molar-refractivity contribution in [3.8, 4) is 11.5 Å². The summed E-state index contributed by atoms with van der Waals surface area (Å²) in [4.78, 5) is 13.0. The van der Waals surface area contributed by atoms with E-state index in [2.05, 4.69) is 5.32 Å². The maximum atomic E-state index is 13.4. The van der Waals surface area contributed by atoms with Crippen LogP contribution in [0.4, 0.5) is 17.6 Å². The zero-order valence-corrected chi connectivity index (χ0v) is 19.5. The molecule has 0 fully saturated rings. The second-order valence-electron chi connectivity index (χ2n) is 8.41. The summed E-state index contributed by atoms with van der Waals surface area (Å²) in [5.74, 6) is 0.176. The Kier molecular flexibility index (Phi) is 7.89. The lowest BCUT2D eigenvalue weighted by atomic mass is 9.95. The van der Waals surface area contributed by atoms with Crippen LogP contribution in [-0.4, -0.2) is 17.1 Å². The average Bonchev–Trinajstić information content (AvgIpc) is 2.89. The van der Waals surface area contributed by atoms with Gasteiger partial charge in [0.2, 0.25) is 0 Å². The molecule has 0 radical (unpaired) electrons. The lowest BCUT2D eigenvalue weighted by molar-refractivity contribution is -0.137. The van der Waals surface area contributed by atoms with Gasteiger partial charge >= 0.3 is 6.18 Å². The molecule has 4 aromatic carbocycles. The highest BCUT2D eigenvalue weighted by Crippen LogP contribution is 2.30. The summed E-state index contributed by atoms with van der Waals surface area (Å²) in [6.07, 6.45) is -5.68. The van der Waals surface area contributed by atoms with Gasteiger partial charge in [0, 0.05) is 5.56 Å². The molecule has 0 spiro atoms. The highest BCUT2D eigenvalue weighted by molar-refractivity contribution is 5.94. The van der Waals surface area contributed by atoms with Crippen molar-refractivity contribution in [2.45, 2.75) is 24.7 Å². The lowest BCUT2D eigenvalue weighted by Crippen LogP contribution is -2.41. The van der Waals surface area contributed by atoms with Crippen molar-refractivity contribution in [1.29, 1.82) is 0 Å². The van der Waals surface area contributed by atoms with Crippen LogP contribution in [0.1, 0.15) is 33.2 Å². The molecule has 0 bridgehead atoms. The molecular formula is C29H23F4NO3. The number of aliphatic hydroxyl groups is 1. The average molecular weight is 509 g/mol. The van der Waals surface area contributed by atoms with Gasteiger partial charge in [0.25, 0.3) is 5.91 Å². The van der Waals surface area contributed by atoms with Crippen LogP contribution in [0, 0.1) is 5.82 Å². The number of hydrogen-bond donors (Lipinski definition) is 2. The molecule has 190 valence electrons. The molecule has 1 amide bonds. The maximum Gasteiger partial charge on any atom is 0.416 e. The second-order valence-corrected chi connectivity index (χ2v) is 8.41. The Bertz CT molecular complexity index is 1310. The molecule has 0 saturated carbocycles. The van der Waals surface area contributed by atoms with Gasteiger partial charge < -0.3 is 15.2 Å². The molecular weight excluding hydrogens is 486 g/mol. The molecule has 2 unspecified atom stereocenters. The van der Waals surface area contributed by atoms with E-state index in [0.29, 0.717) is 28.2 Å². The Labute approximate surface area is 211 Å². The number of ether oxygens (including phenoxy) is 1. The first-order valence-electron chi connectivity index (χ1n) is 11.4. The smallest absolute Gasteiger partial charge is 0.416 e. The summed E-state index contributed by atoms with van der Waals surface area (Å²) in [6.45, 7) is 0. The van der Waals surface area contributed by atoms with Gasteiger partial charge in [-0.2, -0.15) is 13.2 Å². The van der Waals surface area contributed by atoms with Crippen molar-refractivity contribution in [1.82, 2.24) is 5.32 Å². The van der Waals surface area contributed by atoms with E-state index in [0.717, 1.165) is 12.1 Å². The van der Waals surface area contributed by atoms with Crippen LogP contribution in [0.2, 0.25) is 0 Å². The molecule has 4 rings (SSSR count).